The van der Waals surface area contributed by atoms with Crippen molar-refractivity contribution >= 4 is 68.5 Å². The van der Waals surface area contributed by atoms with Gasteiger partial charge in [-0.25, -0.2) is 0 Å². The van der Waals surface area contributed by atoms with Crippen LogP contribution in [0.5, 0.6) is 0 Å². The Morgan fingerprint density at radius 3 is 2.00 bits per heavy atom. The summed E-state index contributed by atoms with van der Waals surface area (Å²) >= 11 is 0. The standard InChI is InChI=1S/C4H7NO.Ca.2ClH.Li.3H/c6-4-2-1-3-5-4;;;;;;;/h1-3H2,(H,5,6);;2*1H;;;;/q;+2;;;+1;3*-1. The van der Waals surface area contributed by atoms with E-state index in [9.17, 15) is 4.79 Å². The molecule has 0 unspecified atom stereocenters. The number of hydrogen-bond donors (Lipinski definition) is 1. The Kier molecular flexibility index (Phi) is 30.6. The summed E-state index contributed by atoms with van der Waals surface area (Å²) < 4.78 is 0. The maximum atomic E-state index is 10.1. The second-order valence-corrected chi connectivity index (χ2v) is 1.45. The summed E-state index contributed by atoms with van der Waals surface area (Å²) in [6, 6.07) is 0. The zero-order valence-electron chi connectivity index (χ0n) is 9.05. The fraction of sp³-hybridized carbons (Fsp3) is 0.750. The van der Waals surface area contributed by atoms with Gasteiger partial charge < -0.3 is 9.60 Å². The van der Waals surface area contributed by atoms with E-state index in [4.69, 9.17) is 0 Å². The molecule has 0 aromatic heterocycles. The molecule has 0 radical (unpaired) electrons. The van der Waals surface area contributed by atoms with E-state index >= 15 is 0 Å². The maximum Gasteiger partial charge on any atom is 2.00 e. The molecule has 1 fully saturated rings. The number of amides is 1. The van der Waals surface area contributed by atoms with Gasteiger partial charge in [0.25, 0.3) is 0 Å². The van der Waals surface area contributed by atoms with E-state index in [1.165, 1.54) is 0 Å². The summed E-state index contributed by atoms with van der Waals surface area (Å²) in [4.78, 5) is 10.1. The Labute approximate surface area is 120 Å². The molecule has 1 N–H and O–H groups in total. The molecule has 0 atom stereocenters. The van der Waals surface area contributed by atoms with Gasteiger partial charge in [0, 0.05) is 13.0 Å². The van der Waals surface area contributed by atoms with Crippen LogP contribution >= 0.6 is 24.8 Å². The molecule has 0 bridgehead atoms. The van der Waals surface area contributed by atoms with Crippen LogP contribution in [0, 0.1) is 0 Å². The molecule has 1 heterocycles. The number of hydrogen-bond acceptors (Lipinski definition) is 1. The normalized spacial score (nSPS) is 12.6. The molecule has 1 saturated heterocycles. The number of nitrogens with one attached hydrogen (secondary N) is 1. The third kappa shape index (κ3) is 9.91. The Hall–Kier alpha value is 1.91. The molecule has 1 rings (SSSR count). The van der Waals surface area contributed by atoms with Gasteiger partial charge in [-0.2, -0.15) is 0 Å². The predicted molar refractivity (Wildman–Crippen MR) is 45.8 cm³/mol. The van der Waals surface area contributed by atoms with Gasteiger partial charge >= 0.3 is 56.6 Å². The van der Waals surface area contributed by atoms with Crippen LogP contribution in [-0.4, -0.2) is 50.2 Å². The number of carbonyl (C=O) groups excluding carboxylic acids is 1. The summed E-state index contributed by atoms with van der Waals surface area (Å²) in [6.45, 7) is 0.888. The van der Waals surface area contributed by atoms with Crippen molar-refractivity contribution in [1.82, 2.24) is 5.32 Å². The zero-order valence-corrected chi connectivity index (χ0v) is 9.89. The first-order valence-corrected chi connectivity index (χ1v) is 2.16. The zero-order chi connectivity index (χ0) is 4.41. The summed E-state index contributed by atoms with van der Waals surface area (Å²) in [5.41, 5.74) is 0. The van der Waals surface area contributed by atoms with E-state index in [0.717, 1.165) is 19.4 Å². The Balaban J connectivity index is -0.0000000103. The van der Waals surface area contributed by atoms with Gasteiger partial charge in [0.1, 0.15) is 0 Å². The van der Waals surface area contributed by atoms with Gasteiger partial charge in [-0.3, -0.25) is 4.79 Å². The van der Waals surface area contributed by atoms with Crippen molar-refractivity contribution in [3.05, 3.63) is 0 Å². The minimum Gasteiger partial charge on any atom is -1.00 e. The van der Waals surface area contributed by atoms with Crippen LogP contribution in [0.15, 0.2) is 0 Å². The van der Waals surface area contributed by atoms with Crippen LogP contribution in [0.1, 0.15) is 17.1 Å². The molecule has 0 saturated carbocycles. The molecular formula is C4H12CaCl2LiNO. The summed E-state index contributed by atoms with van der Waals surface area (Å²) in [6.07, 6.45) is 1.76. The van der Waals surface area contributed by atoms with Crippen LogP contribution < -0.4 is 24.2 Å². The monoisotopic (exact) mass is 207 g/mol. The maximum absolute atomic E-state index is 10.1. The Morgan fingerprint density at radius 1 is 1.40 bits per heavy atom. The average molecular weight is 208 g/mol. The van der Waals surface area contributed by atoms with Crippen LogP contribution in [0.4, 0.5) is 0 Å². The molecule has 1 aliphatic heterocycles. The summed E-state index contributed by atoms with van der Waals surface area (Å²) in [7, 11) is 0. The van der Waals surface area contributed by atoms with Gasteiger partial charge in [-0.1, -0.05) is 0 Å². The average Bonchev–Trinajstić information content (AvgIpc) is 1.86. The minimum absolute atomic E-state index is 0. The van der Waals surface area contributed by atoms with Crippen LogP contribution in [0.3, 0.4) is 0 Å². The number of halogens is 2. The number of rotatable bonds is 0. The third-order valence-electron chi connectivity index (χ3n) is 0.903. The summed E-state index contributed by atoms with van der Waals surface area (Å²) in [5.74, 6) is 0.204. The Bertz CT molecular complexity index is 87.8. The van der Waals surface area contributed by atoms with E-state index < -0.39 is 0 Å². The van der Waals surface area contributed by atoms with Crippen LogP contribution in [-0.2, 0) is 4.79 Å². The smallest absolute Gasteiger partial charge is 1.00 e. The quantitative estimate of drug-likeness (QED) is 0.446. The van der Waals surface area contributed by atoms with Crippen molar-refractivity contribution in [2.24, 2.45) is 0 Å². The first-order valence-electron chi connectivity index (χ1n) is 2.16. The fourth-order valence-corrected chi connectivity index (χ4v) is 0.565. The van der Waals surface area contributed by atoms with Gasteiger partial charge in [0.2, 0.25) is 5.91 Å². The van der Waals surface area contributed by atoms with E-state index in [2.05, 4.69) is 5.32 Å². The fourth-order valence-electron chi connectivity index (χ4n) is 0.565. The molecule has 56 valence electrons. The molecule has 1 aliphatic rings. The van der Waals surface area contributed by atoms with Crippen molar-refractivity contribution in [3.8, 4) is 0 Å². The molecule has 0 spiro atoms. The van der Waals surface area contributed by atoms with E-state index in [-0.39, 0.29) is 91.6 Å². The van der Waals surface area contributed by atoms with Crippen molar-refractivity contribution in [2.45, 2.75) is 12.8 Å². The third-order valence-corrected chi connectivity index (χ3v) is 0.903. The molecule has 2 nitrogen and oxygen atoms in total. The molecule has 1 amide bonds. The number of carbonyl (C=O) groups is 1. The van der Waals surface area contributed by atoms with Gasteiger partial charge in [-0.05, 0) is 6.42 Å². The van der Waals surface area contributed by atoms with Gasteiger partial charge in [0.15, 0.2) is 0 Å². The topological polar surface area (TPSA) is 29.1 Å². The van der Waals surface area contributed by atoms with Crippen LogP contribution in [0.2, 0.25) is 0 Å². The van der Waals surface area contributed by atoms with Crippen molar-refractivity contribution < 1.29 is 27.9 Å². The SMILES string of the molecule is Cl.Cl.O=C1CCCN1.[Ca+2].[H-].[H-].[H-].[Li+]. The Morgan fingerprint density at radius 2 is 1.90 bits per heavy atom. The first-order chi connectivity index (χ1) is 2.89. The molecule has 0 aliphatic carbocycles. The minimum atomic E-state index is 0. The van der Waals surface area contributed by atoms with Crippen molar-refractivity contribution in [1.29, 1.82) is 0 Å². The second-order valence-electron chi connectivity index (χ2n) is 1.45. The summed E-state index contributed by atoms with van der Waals surface area (Å²) in [5, 5.41) is 2.68. The molecular weight excluding hydrogens is 196 g/mol. The molecule has 10 heavy (non-hydrogen) atoms. The molecule has 0 aromatic rings. The van der Waals surface area contributed by atoms with Crippen molar-refractivity contribution in [3.63, 3.8) is 0 Å². The molecule has 6 heteroatoms. The molecule has 0 aromatic carbocycles. The van der Waals surface area contributed by atoms with Gasteiger partial charge in [0.05, 0.1) is 0 Å². The van der Waals surface area contributed by atoms with E-state index in [0.29, 0.717) is 0 Å². The van der Waals surface area contributed by atoms with E-state index in [1.807, 2.05) is 0 Å². The van der Waals surface area contributed by atoms with E-state index in [1.54, 1.807) is 0 Å². The predicted octanol–water partition coefficient (Wildman–Crippen LogP) is -2.30. The first kappa shape index (κ1) is 22.7. The second kappa shape index (κ2) is 13.5. The van der Waals surface area contributed by atoms with Crippen molar-refractivity contribution in [2.75, 3.05) is 6.54 Å². The largest absolute Gasteiger partial charge is 2.00 e. The van der Waals surface area contributed by atoms with Gasteiger partial charge in [-0.15, -0.1) is 24.8 Å². The van der Waals surface area contributed by atoms with Crippen LogP contribution in [0.25, 0.3) is 0 Å².